The van der Waals surface area contributed by atoms with E-state index in [0.29, 0.717) is 6.61 Å². The summed E-state index contributed by atoms with van der Waals surface area (Å²) in [7, 11) is 0. The number of ether oxygens (including phenoxy) is 1. The summed E-state index contributed by atoms with van der Waals surface area (Å²) in [5, 5.41) is 0.759. The van der Waals surface area contributed by atoms with Crippen molar-refractivity contribution in [1.82, 2.24) is 0 Å². The van der Waals surface area contributed by atoms with Crippen molar-refractivity contribution >= 4 is 11.6 Å². The van der Waals surface area contributed by atoms with Gasteiger partial charge in [0.05, 0.1) is 12.7 Å². The van der Waals surface area contributed by atoms with E-state index in [4.69, 9.17) is 22.1 Å². The largest absolute Gasteiger partial charge is 0.373 e. The van der Waals surface area contributed by atoms with Gasteiger partial charge in [0.1, 0.15) is 0 Å². The Morgan fingerprint density at radius 1 is 1.38 bits per heavy atom. The second kappa shape index (κ2) is 4.36. The van der Waals surface area contributed by atoms with Gasteiger partial charge in [-0.25, -0.2) is 0 Å². The SMILES string of the molecule is CC1(C)C(N)CC1OCc1ccc(Cl)cc1. The molecule has 2 N–H and O–H groups in total. The molecule has 0 saturated heterocycles. The number of hydrogen-bond donors (Lipinski definition) is 1. The lowest BCUT2D eigenvalue weighted by molar-refractivity contribution is -0.115. The van der Waals surface area contributed by atoms with Crippen LogP contribution in [0.4, 0.5) is 0 Å². The Morgan fingerprint density at radius 2 is 2.00 bits per heavy atom. The average molecular weight is 240 g/mol. The zero-order valence-corrected chi connectivity index (χ0v) is 10.5. The maximum Gasteiger partial charge on any atom is 0.0720 e. The third-order valence-electron chi connectivity index (χ3n) is 3.62. The minimum absolute atomic E-state index is 0.104. The zero-order valence-electron chi connectivity index (χ0n) is 9.74. The highest BCUT2D eigenvalue weighted by atomic mass is 35.5. The molecule has 0 aliphatic heterocycles. The molecule has 88 valence electrons. The molecule has 1 fully saturated rings. The second-order valence-corrected chi connectivity index (χ2v) is 5.53. The van der Waals surface area contributed by atoms with Crippen LogP contribution < -0.4 is 5.73 Å². The van der Waals surface area contributed by atoms with Gasteiger partial charge in [-0.1, -0.05) is 37.6 Å². The molecule has 1 aliphatic carbocycles. The van der Waals surface area contributed by atoms with E-state index in [1.807, 2.05) is 24.3 Å². The fourth-order valence-corrected chi connectivity index (χ4v) is 2.10. The van der Waals surface area contributed by atoms with E-state index in [1.165, 1.54) is 0 Å². The molecule has 1 aliphatic rings. The molecule has 2 rings (SSSR count). The van der Waals surface area contributed by atoms with Crippen molar-refractivity contribution in [3.05, 3.63) is 34.9 Å². The first kappa shape index (κ1) is 11.9. The Labute approximate surface area is 102 Å². The summed E-state index contributed by atoms with van der Waals surface area (Å²) in [6, 6.07) is 8.03. The molecule has 2 atom stereocenters. The minimum atomic E-state index is 0.104. The first-order chi connectivity index (χ1) is 7.50. The maximum absolute atomic E-state index is 5.94. The third-order valence-corrected chi connectivity index (χ3v) is 3.87. The van der Waals surface area contributed by atoms with Crippen LogP contribution >= 0.6 is 11.6 Å². The molecule has 1 aromatic carbocycles. The third kappa shape index (κ3) is 2.24. The van der Waals surface area contributed by atoms with Gasteiger partial charge in [0.15, 0.2) is 0 Å². The number of rotatable bonds is 3. The van der Waals surface area contributed by atoms with Crippen LogP contribution in [-0.4, -0.2) is 12.1 Å². The van der Waals surface area contributed by atoms with E-state index < -0.39 is 0 Å². The molecule has 2 nitrogen and oxygen atoms in total. The molecule has 3 heteroatoms. The van der Waals surface area contributed by atoms with Crippen LogP contribution in [0.2, 0.25) is 5.02 Å². The second-order valence-electron chi connectivity index (χ2n) is 5.09. The predicted octanol–water partition coefficient (Wildman–Crippen LogP) is 2.98. The molecule has 0 heterocycles. The van der Waals surface area contributed by atoms with Gasteiger partial charge in [-0.05, 0) is 24.1 Å². The van der Waals surface area contributed by atoms with Crippen molar-refractivity contribution in [2.75, 3.05) is 0 Å². The Morgan fingerprint density at radius 3 is 2.50 bits per heavy atom. The van der Waals surface area contributed by atoms with Crippen LogP contribution in [0.15, 0.2) is 24.3 Å². The van der Waals surface area contributed by atoms with Crippen LogP contribution in [0, 0.1) is 5.41 Å². The van der Waals surface area contributed by atoms with Gasteiger partial charge < -0.3 is 10.5 Å². The van der Waals surface area contributed by atoms with Crippen molar-refractivity contribution in [3.8, 4) is 0 Å². The molecular formula is C13H18ClNO. The molecule has 0 spiro atoms. The summed E-state index contributed by atoms with van der Waals surface area (Å²) in [5.41, 5.74) is 7.20. The van der Waals surface area contributed by atoms with Gasteiger partial charge in [-0.3, -0.25) is 0 Å². The molecule has 1 aromatic rings. The van der Waals surface area contributed by atoms with Gasteiger partial charge in [-0.2, -0.15) is 0 Å². The van der Waals surface area contributed by atoms with E-state index >= 15 is 0 Å². The summed E-state index contributed by atoms with van der Waals surface area (Å²) in [6.45, 7) is 4.96. The summed E-state index contributed by atoms with van der Waals surface area (Å²) in [6.07, 6.45) is 1.24. The quantitative estimate of drug-likeness (QED) is 0.880. The normalized spacial score (nSPS) is 27.5. The van der Waals surface area contributed by atoms with Crippen molar-refractivity contribution in [2.24, 2.45) is 11.1 Å². The predicted molar refractivity (Wildman–Crippen MR) is 66.4 cm³/mol. The number of nitrogens with two attached hydrogens (primary N) is 1. The van der Waals surface area contributed by atoms with Crippen molar-refractivity contribution < 1.29 is 4.74 Å². The number of benzene rings is 1. The summed E-state index contributed by atoms with van der Waals surface area (Å²) in [5.74, 6) is 0. The summed E-state index contributed by atoms with van der Waals surface area (Å²) < 4.78 is 5.87. The number of halogens is 1. The van der Waals surface area contributed by atoms with E-state index in [2.05, 4.69) is 13.8 Å². The maximum atomic E-state index is 5.94. The summed E-state index contributed by atoms with van der Waals surface area (Å²) >= 11 is 5.82. The zero-order chi connectivity index (χ0) is 11.8. The molecule has 0 amide bonds. The minimum Gasteiger partial charge on any atom is -0.373 e. The molecule has 1 saturated carbocycles. The molecule has 0 bridgehead atoms. The molecular weight excluding hydrogens is 222 g/mol. The lowest BCUT2D eigenvalue weighted by Gasteiger charge is -2.49. The van der Waals surface area contributed by atoms with Gasteiger partial charge >= 0.3 is 0 Å². The van der Waals surface area contributed by atoms with Crippen LogP contribution in [0.25, 0.3) is 0 Å². The first-order valence-corrected chi connectivity index (χ1v) is 5.99. The number of hydrogen-bond acceptors (Lipinski definition) is 2. The highest BCUT2D eigenvalue weighted by Crippen LogP contribution is 2.41. The van der Waals surface area contributed by atoms with E-state index in [9.17, 15) is 0 Å². The molecule has 0 radical (unpaired) electrons. The Hall–Kier alpha value is -0.570. The summed E-state index contributed by atoms with van der Waals surface area (Å²) in [4.78, 5) is 0. The monoisotopic (exact) mass is 239 g/mol. The lowest BCUT2D eigenvalue weighted by Crippen LogP contribution is -2.58. The highest BCUT2D eigenvalue weighted by Gasteiger charge is 2.46. The topological polar surface area (TPSA) is 35.2 Å². The Bertz CT molecular complexity index is 361. The average Bonchev–Trinajstić information content (AvgIpc) is 2.26. The highest BCUT2D eigenvalue weighted by molar-refractivity contribution is 6.30. The van der Waals surface area contributed by atoms with Crippen LogP contribution in [0.1, 0.15) is 25.8 Å². The Balaban J connectivity index is 1.87. The van der Waals surface area contributed by atoms with Crippen molar-refractivity contribution in [1.29, 1.82) is 0 Å². The van der Waals surface area contributed by atoms with Crippen LogP contribution in [0.3, 0.4) is 0 Å². The fourth-order valence-electron chi connectivity index (χ4n) is 1.98. The standard InChI is InChI=1S/C13H18ClNO/c1-13(2)11(15)7-12(13)16-8-9-3-5-10(14)6-4-9/h3-6,11-12H,7-8,15H2,1-2H3. The van der Waals surface area contributed by atoms with Crippen molar-refractivity contribution in [2.45, 2.75) is 39.0 Å². The molecule has 0 aromatic heterocycles. The smallest absolute Gasteiger partial charge is 0.0720 e. The van der Waals surface area contributed by atoms with Crippen LogP contribution in [0.5, 0.6) is 0 Å². The van der Waals surface area contributed by atoms with E-state index in [1.54, 1.807) is 0 Å². The van der Waals surface area contributed by atoms with Crippen LogP contribution in [-0.2, 0) is 11.3 Å². The van der Waals surface area contributed by atoms with Crippen molar-refractivity contribution in [3.63, 3.8) is 0 Å². The molecule has 2 unspecified atom stereocenters. The molecule has 16 heavy (non-hydrogen) atoms. The van der Waals surface area contributed by atoms with Gasteiger partial charge in [0.2, 0.25) is 0 Å². The lowest BCUT2D eigenvalue weighted by atomic mass is 9.65. The van der Waals surface area contributed by atoms with E-state index in [0.717, 1.165) is 17.0 Å². The fraction of sp³-hybridized carbons (Fsp3) is 0.538. The van der Waals surface area contributed by atoms with E-state index in [-0.39, 0.29) is 17.6 Å². The Kier molecular flexibility index (Phi) is 3.24. The van der Waals surface area contributed by atoms with Gasteiger partial charge in [0.25, 0.3) is 0 Å². The first-order valence-electron chi connectivity index (χ1n) is 5.62. The van der Waals surface area contributed by atoms with Gasteiger partial charge in [-0.15, -0.1) is 0 Å². The van der Waals surface area contributed by atoms with Gasteiger partial charge in [0, 0.05) is 16.5 Å².